The number of halogens is 1. The number of hydrogen-bond acceptors (Lipinski definition) is 3. The zero-order chi connectivity index (χ0) is 10.4. The first-order valence-corrected chi connectivity index (χ1v) is 4.95. The van der Waals surface area contributed by atoms with Crippen molar-refractivity contribution in [3.8, 4) is 12.3 Å². The highest BCUT2D eigenvalue weighted by Gasteiger charge is 2.02. The van der Waals surface area contributed by atoms with E-state index in [0.717, 1.165) is 6.42 Å². The molecule has 0 radical (unpaired) electrons. The molecular formula is C9H10BrN3O. The number of anilines is 1. The summed E-state index contributed by atoms with van der Waals surface area (Å²) in [5, 5.41) is 3.02. The second kappa shape index (κ2) is 5.45. The van der Waals surface area contributed by atoms with E-state index < -0.39 is 0 Å². The van der Waals surface area contributed by atoms with Crippen LogP contribution in [0.2, 0.25) is 0 Å². The maximum absolute atomic E-state index is 11.1. The van der Waals surface area contributed by atoms with Gasteiger partial charge in [0.1, 0.15) is 10.3 Å². The Morgan fingerprint density at radius 3 is 3.21 bits per heavy atom. The van der Waals surface area contributed by atoms with Crippen molar-refractivity contribution < 1.29 is 0 Å². The molecule has 0 atom stereocenters. The molecule has 0 aliphatic heterocycles. The Morgan fingerprint density at radius 2 is 2.50 bits per heavy atom. The van der Waals surface area contributed by atoms with Crippen LogP contribution >= 0.6 is 15.9 Å². The standard InChI is InChI=1S/C9H10BrN3O/c1-2-3-4-5-11-8-7(10)9(14)13-6-12-8/h1,6H,3-5H2,(H2,11,12,13,14). The van der Waals surface area contributed by atoms with Crippen molar-refractivity contribution in [3.63, 3.8) is 0 Å². The van der Waals surface area contributed by atoms with Gasteiger partial charge < -0.3 is 10.3 Å². The topological polar surface area (TPSA) is 57.8 Å². The smallest absolute Gasteiger partial charge is 0.267 e. The quantitative estimate of drug-likeness (QED) is 0.631. The van der Waals surface area contributed by atoms with Crippen LogP contribution in [0.15, 0.2) is 15.6 Å². The van der Waals surface area contributed by atoms with Crippen molar-refractivity contribution in [1.82, 2.24) is 9.97 Å². The maximum Gasteiger partial charge on any atom is 0.267 e. The summed E-state index contributed by atoms with van der Waals surface area (Å²) >= 11 is 3.14. The Labute approximate surface area is 90.3 Å². The van der Waals surface area contributed by atoms with Crippen molar-refractivity contribution >= 4 is 21.7 Å². The third-order valence-corrected chi connectivity index (χ3v) is 2.32. The Bertz CT molecular complexity index is 394. The molecule has 0 unspecified atom stereocenters. The lowest BCUT2D eigenvalue weighted by Crippen LogP contribution is -2.12. The lowest BCUT2D eigenvalue weighted by Gasteiger charge is -2.04. The van der Waals surface area contributed by atoms with Gasteiger partial charge in [0.2, 0.25) is 0 Å². The fourth-order valence-corrected chi connectivity index (χ4v) is 1.26. The van der Waals surface area contributed by atoms with Crippen LogP contribution in [0.4, 0.5) is 5.82 Å². The van der Waals surface area contributed by atoms with Crippen molar-refractivity contribution in [2.45, 2.75) is 12.8 Å². The van der Waals surface area contributed by atoms with E-state index >= 15 is 0 Å². The summed E-state index contributed by atoms with van der Waals surface area (Å²) in [6, 6.07) is 0. The predicted octanol–water partition coefficient (Wildman–Crippen LogP) is 1.36. The highest BCUT2D eigenvalue weighted by atomic mass is 79.9. The van der Waals surface area contributed by atoms with Gasteiger partial charge in [-0.1, -0.05) is 0 Å². The van der Waals surface area contributed by atoms with Crippen molar-refractivity contribution in [3.05, 3.63) is 21.2 Å². The SMILES string of the molecule is C#CCCCNc1nc[nH]c(=O)c1Br. The van der Waals surface area contributed by atoms with Crippen LogP contribution in [0, 0.1) is 12.3 Å². The predicted molar refractivity (Wildman–Crippen MR) is 59.1 cm³/mol. The monoisotopic (exact) mass is 255 g/mol. The molecule has 0 saturated carbocycles. The maximum atomic E-state index is 11.1. The van der Waals surface area contributed by atoms with Gasteiger partial charge in [-0.25, -0.2) is 4.98 Å². The Hall–Kier alpha value is -1.28. The molecule has 0 fully saturated rings. The second-order valence-electron chi connectivity index (χ2n) is 2.63. The van der Waals surface area contributed by atoms with E-state index in [9.17, 15) is 4.79 Å². The average molecular weight is 256 g/mol. The van der Waals surface area contributed by atoms with Crippen LogP contribution in [-0.4, -0.2) is 16.5 Å². The minimum atomic E-state index is -0.195. The van der Waals surface area contributed by atoms with Gasteiger partial charge >= 0.3 is 0 Å². The second-order valence-corrected chi connectivity index (χ2v) is 3.42. The number of nitrogens with one attached hydrogen (secondary N) is 2. The molecule has 0 bridgehead atoms. The molecule has 4 nitrogen and oxygen atoms in total. The summed E-state index contributed by atoms with van der Waals surface area (Å²) in [7, 11) is 0. The van der Waals surface area contributed by atoms with E-state index in [1.165, 1.54) is 6.33 Å². The van der Waals surface area contributed by atoms with E-state index in [4.69, 9.17) is 6.42 Å². The first-order chi connectivity index (χ1) is 6.75. The molecule has 1 rings (SSSR count). The number of rotatable bonds is 4. The number of terminal acetylenes is 1. The van der Waals surface area contributed by atoms with Crippen LogP contribution < -0.4 is 10.9 Å². The highest BCUT2D eigenvalue weighted by molar-refractivity contribution is 9.10. The largest absolute Gasteiger partial charge is 0.369 e. The van der Waals surface area contributed by atoms with Gasteiger partial charge in [0, 0.05) is 13.0 Å². The van der Waals surface area contributed by atoms with Crippen LogP contribution in [0.1, 0.15) is 12.8 Å². The van der Waals surface area contributed by atoms with Crippen LogP contribution in [0.3, 0.4) is 0 Å². The van der Waals surface area contributed by atoms with E-state index in [1.54, 1.807) is 0 Å². The Morgan fingerprint density at radius 1 is 1.71 bits per heavy atom. The number of aromatic nitrogens is 2. The van der Waals surface area contributed by atoms with Gasteiger partial charge in [-0.2, -0.15) is 0 Å². The zero-order valence-electron chi connectivity index (χ0n) is 7.51. The van der Waals surface area contributed by atoms with E-state index in [1.807, 2.05) is 0 Å². The summed E-state index contributed by atoms with van der Waals surface area (Å²) < 4.78 is 0.417. The van der Waals surface area contributed by atoms with E-state index in [-0.39, 0.29) is 5.56 Å². The molecule has 74 valence electrons. The first kappa shape index (κ1) is 10.8. The molecule has 0 aliphatic carbocycles. The molecule has 0 amide bonds. The molecule has 0 aliphatic rings. The van der Waals surface area contributed by atoms with Crippen LogP contribution in [0.25, 0.3) is 0 Å². The average Bonchev–Trinajstić information content (AvgIpc) is 2.19. The van der Waals surface area contributed by atoms with Gasteiger partial charge in [0.05, 0.1) is 6.33 Å². The molecule has 1 aromatic heterocycles. The van der Waals surface area contributed by atoms with Crippen molar-refractivity contribution in [2.24, 2.45) is 0 Å². The van der Waals surface area contributed by atoms with Crippen molar-refractivity contribution in [2.75, 3.05) is 11.9 Å². The molecule has 1 aromatic rings. The third kappa shape index (κ3) is 2.89. The molecule has 0 saturated heterocycles. The summed E-state index contributed by atoms with van der Waals surface area (Å²) in [6.45, 7) is 0.708. The van der Waals surface area contributed by atoms with Gasteiger partial charge in [-0.3, -0.25) is 4.79 Å². The molecule has 0 aromatic carbocycles. The molecule has 1 heterocycles. The fourth-order valence-electron chi connectivity index (χ4n) is 0.904. The highest BCUT2D eigenvalue weighted by Crippen LogP contribution is 2.12. The fraction of sp³-hybridized carbons (Fsp3) is 0.333. The van der Waals surface area contributed by atoms with Gasteiger partial charge in [0.25, 0.3) is 5.56 Å². The number of aromatic amines is 1. The normalized spacial score (nSPS) is 9.43. The number of nitrogens with zero attached hydrogens (tertiary/aromatic N) is 1. The minimum absolute atomic E-state index is 0.195. The third-order valence-electron chi connectivity index (χ3n) is 1.59. The van der Waals surface area contributed by atoms with Gasteiger partial charge in [-0.05, 0) is 22.4 Å². The Kier molecular flexibility index (Phi) is 4.20. The lowest BCUT2D eigenvalue weighted by molar-refractivity contribution is 0.896. The van der Waals surface area contributed by atoms with E-state index in [2.05, 4.69) is 37.1 Å². The van der Waals surface area contributed by atoms with Crippen LogP contribution in [0.5, 0.6) is 0 Å². The lowest BCUT2D eigenvalue weighted by atomic mass is 10.3. The van der Waals surface area contributed by atoms with Gasteiger partial charge in [0.15, 0.2) is 0 Å². The summed E-state index contributed by atoms with van der Waals surface area (Å²) in [5.74, 6) is 3.09. The molecule has 14 heavy (non-hydrogen) atoms. The molecule has 2 N–H and O–H groups in total. The number of hydrogen-bond donors (Lipinski definition) is 2. The minimum Gasteiger partial charge on any atom is -0.369 e. The summed E-state index contributed by atoms with van der Waals surface area (Å²) in [5.41, 5.74) is -0.195. The summed E-state index contributed by atoms with van der Waals surface area (Å²) in [6.07, 6.45) is 8.04. The number of unbranched alkanes of at least 4 members (excludes halogenated alkanes) is 1. The molecule has 5 heteroatoms. The van der Waals surface area contributed by atoms with E-state index in [0.29, 0.717) is 23.3 Å². The van der Waals surface area contributed by atoms with Gasteiger partial charge in [-0.15, -0.1) is 12.3 Å². The number of H-pyrrole nitrogens is 1. The van der Waals surface area contributed by atoms with Crippen LogP contribution in [-0.2, 0) is 0 Å². The summed E-state index contributed by atoms with van der Waals surface area (Å²) in [4.78, 5) is 17.5. The molecule has 0 spiro atoms. The molecular weight excluding hydrogens is 246 g/mol. The Balaban J connectivity index is 2.56. The first-order valence-electron chi connectivity index (χ1n) is 4.16. The van der Waals surface area contributed by atoms with Crippen molar-refractivity contribution in [1.29, 1.82) is 0 Å². The zero-order valence-corrected chi connectivity index (χ0v) is 9.10.